The third-order valence-corrected chi connectivity index (χ3v) is 4.04. The quantitative estimate of drug-likeness (QED) is 0.393. The third kappa shape index (κ3) is 3.20. The molecule has 0 atom stereocenters. The molecule has 2 aliphatic rings. The summed E-state index contributed by atoms with van der Waals surface area (Å²) in [7, 11) is 0. The third-order valence-electron chi connectivity index (χ3n) is 4.04. The Morgan fingerprint density at radius 2 is 0.840 bits per heavy atom. The summed E-state index contributed by atoms with van der Waals surface area (Å²) in [5.74, 6) is 0. The van der Waals surface area contributed by atoms with Crippen LogP contribution in [0.5, 0.6) is 0 Å². The van der Waals surface area contributed by atoms with Gasteiger partial charge in [0.05, 0.1) is 22.8 Å². The summed E-state index contributed by atoms with van der Waals surface area (Å²) in [6, 6.07) is 16.4. The van der Waals surface area contributed by atoms with Gasteiger partial charge in [0, 0.05) is 22.1 Å². The Hall–Kier alpha value is -2.88. The van der Waals surface area contributed by atoms with Gasteiger partial charge in [-0.25, -0.2) is 9.97 Å². The molecular formula is C20H14MnN4+2. The molecule has 25 heavy (non-hydrogen) atoms. The van der Waals surface area contributed by atoms with Crippen molar-refractivity contribution in [2.24, 2.45) is 0 Å². The Morgan fingerprint density at radius 1 is 0.480 bits per heavy atom. The van der Waals surface area contributed by atoms with Crippen molar-refractivity contribution in [3.63, 3.8) is 0 Å². The van der Waals surface area contributed by atoms with Crippen molar-refractivity contribution in [3.05, 3.63) is 71.3 Å². The molecule has 5 heteroatoms. The molecule has 3 aromatic heterocycles. The number of H-pyrrole nitrogens is 2. The molecule has 2 aliphatic heterocycles. The standard InChI is InChI=1S/C20H14N4.Mn/c1-2-14-10-16-5-6-18(23-16)12-20-8-7-19(24-20)11-17-4-3-15(22-17)9-13(1)21-14;/h1-12,21-22H;/q;+2. The molecule has 119 valence electrons. The van der Waals surface area contributed by atoms with Crippen LogP contribution < -0.4 is 0 Å². The summed E-state index contributed by atoms with van der Waals surface area (Å²) in [5.41, 5.74) is 7.86. The first-order valence-electron chi connectivity index (χ1n) is 7.85. The molecule has 1 radical (unpaired) electrons. The van der Waals surface area contributed by atoms with E-state index in [1.807, 2.05) is 42.5 Å². The predicted molar refractivity (Wildman–Crippen MR) is 98.9 cm³/mol. The van der Waals surface area contributed by atoms with Gasteiger partial charge in [-0.15, -0.1) is 0 Å². The van der Waals surface area contributed by atoms with Crippen LogP contribution in [0.2, 0.25) is 0 Å². The molecule has 0 unspecified atom stereocenters. The van der Waals surface area contributed by atoms with E-state index in [1.54, 1.807) is 0 Å². The average Bonchev–Trinajstić information content (AvgIpc) is 3.32. The van der Waals surface area contributed by atoms with Crippen LogP contribution in [-0.4, -0.2) is 19.9 Å². The molecule has 0 amide bonds. The topological polar surface area (TPSA) is 57.4 Å². The van der Waals surface area contributed by atoms with Gasteiger partial charge in [-0.05, 0) is 72.8 Å². The molecule has 0 saturated carbocycles. The van der Waals surface area contributed by atoms with Crippen molar-refractivity contribution in [2.75, 3.05) is 0 Å². The Balaban J connectivity index is 0.00000157. The predicted octanol–water partition coefficient (Wildman–Crippen LogP) is 4.65. The molecule has 0 spiro atoms. The van der Waals surface area contributed by atoms with Crippen molar-refractivity contribution in [3.8, 4) is 0 Å². The number of rotatable bonds is 0. The number of nitrogens with zero attached hydrogens (tertiary/aromatic N) is 2. The Labute approximate surface area is 154 Å². The van der Waals surface area contributed by atoms with E-state index in [-0.39, 0.29) is 17.1 Å². The second-order valence-corrected chi connectivity index (χ2v) is 5.91. The van der Waals surface area contributed by atoms with Crippen LogP contribution in [0.1, 0.15) is 22.8 Å². The largest absolute Gasteiger partial charge is 2.00 e. The molecule has 8 bridgehead atoms. The maximum Gasteiger partial charge on any atom is 2.00 e. The van der Waals surface area contributed by atoms with Gasteiger partial charge >= 0.3 is 17.1 Å². The first-order chi connectivity index (χ1) is 11.8. The summed E-state index contributed by atoms with van der Waals surface area (Å²) >= 11 is 0. The fraction of sp³-hybridized carbons (Fsp3) is 0. The van der Waals surface area contributed by atoms with Gasteiger partial charge in [0.2, 0.25) is 0 Å². The molecule has 5 rings (SSSR count). The van der Waals surface area contributed by atoms with Gasteiger partial charge in [0.1, 0.15) is 0 Å². The minimum absolute atomic E-state index is 0. The molecule has 0 saturated heterocycles. The van der Waals surface area contributed by atoms with Crippen LogP contribution in [-0.2, 0) is 17.1 Å². The summed E-state index contributed by atoms with van der Waals surface area (Å²) in [4.78, 5) is 16.0. The molecule has 3 aromatic rings. The van der Waals surface area contributed by atoms with E-state index in [1.165, 1.54) is 0 Å². The summed E-state index contributed by atoms with van der Waals surface area (Å²) < 4.78 is 0. The van der Waals surface area contributed by atoms with Crippen LogP contribution in [0.4, 0.5) is 0 Å². The Kier molecular flexibility index (Phi) is 3.88. The zero-order valence-corrected chi connectivity index (χ0v) is 14.4. The monoisotopic (exact) mass is 365 g/mol. The van der Waals surface area contributed by atoms with Crippen molar-refractivity contribution in [1.82, 2.24) is 19.9 Å². The van der Waals surface area contributed by atoms with Crippen molar-refractivity contribution in [1.29, 1.82) is 0 Å². The van der Waals surface area contributed by atoms with Gasteiger partial charge in [-0.3, -0.25) is 0 Å². The number of hydrogen-bond acceptors (Lipinski definition) is 2. The fourth-order valence-corrected chi connectivity index (χ4v) is 2.94. The normalized spacial score (nSPS) is 12.2. The van der Waals surface area contributed by atoms with E-state index in [2.05, 4.69) is 50.3 Å². The SMILES string of the molecule is C1=Cc2cc3ccc(cc4ccc(cc5nc(cc1n2)C=C5)[nH]4)[nH]3.[Mn+2]. The fourth-order valence-electron chi connectivity index (χ4n) is 2.94. The van der Waals surface area contributed by atoms with Gasteiger partial charge in [-0.1, -0.05) is 0 Å². The Bertz CT molecular complexity index is 1080. The number of fused-ring (bicyclic) bond motifs is 8. The van der Waals surface area contributed by atoms with E-state index < -0.39 is 0 Å². The minimum atomic E-state index is 0. The van der Waals surface area contributed by atoms with Crippen LogP contribution >= 0.6 is 0 Å². The van der Waals surface area contributed by atoms with Crippen LogP contribution in [0, 0.1) is 0 Å². The maximum atomic E-state index is 4.62. The maximum absolute atomic E-state index is 4.62. The first kappa shape index (κ1) is 15.6. The zero-order valence-electron chi connectivity index (χ0n) is 13.2. The van der Waals surface area contributed by atoms with Gasteiger partial charge < -0.3 is 9.97 Å². The minimum Gasteiger partial charge on any atom is -0.355 e. The molecular weight excluding hydrogens is 351 g/mol. The van der Waals surface area contributed by atoms with E-state index in [0.29, 0.717) is 0 Å². The Morgan fingerprint density at radius 3 is 1.28 bits per heavy atom. The number of aromatic nitrogens is 4. The number of aromatic amines is 2. The van der Waals surface area contributed by atoms with Crippen LogP contribution in [0.3, 0.4) is 0 Å². The number of hydrogen-bond donors (Lipinski definition) is 2. The second-order valence-electron chi connectivity index (χ2n) is 5.91. The van der Waals surface area contributed by atoms with Crippen molar-refractivity contribution < 1.29 is 17.1 Å². The van der Waals surface area contributed by atoms with E-state index >= 15 is 0 Å². The van der Waals surface area contributed by atoms with Crippen LogP contribution in [0.15, 0.2) is 48.5 Å². The smallest absolute Gasteiger partial charge is 0.355 e. The zero-order chi connectivity index (χ0) is 15.9. The molecule has 2 N–H and O–H groups in total. The van der Waals surface area contributed by atoms with Gasteiger partial charge in [-0.2, -0.15) is 0 Å². The van der Waals surface area contributed by atoms with Crippen LogP contribution in [0.25, 0.3) is 46.4 Å². The van der Waals surface area contributed by atoms with Gasteiger partial charge in [0.25, 0.3) is 0 Å². The molecule has 0 fully saturated rings. The summed E-state index contributed by atoms with van der Waals surface area (Å²) in [6.07, 6.45) is 8.05. The number of nitrogens with one attached hydrogen (secondary N) is 2. The molecule has 0 aliphatic carbocycles. The second kappa shape index (κ2) is 6.20. The molecule has 5 heterocycles. The molecule has 4 nitrogen and oxygen atoms in total. The summed E-state index contributed by atoms with van der Waals surface area (Å²) in [5, 5.41) is 0. The van der Waals surface area contributed by atoms with E-state index in [9.17, 15) is 0 Å². The van der Waals surface area contributed by atoms with Crippen molar-refractivity contribution in [2.45, 2.75) is 0 Å². The van der Waals surface area contributed by atoms with Crippen molar-refractivity contribution >= 4 is 46.4 Å². The first-order valence-corrected chi connectivity index (χ1v) is 7.85. The van der Waals surface area contributed by atoms with E-state index in [0.717, 1.165) is 44.8 Å². The average molecular weight is 365 g/mol. The molecule has 0 aromatic carbocycles. The van der Waals surface area contributed by atoms with E-state index in [4.69, 9.17) is 0 Å². The van der Waals surface area contributed by atoms with Gasteiger partial charge in [0.15, 0.2) is 0 Å². The summed E-state index contributed by atoms with van der Waals surface area (Å²) in [6.45, 7) is 0.